The summed E-state index contributed by atoms with van der Waals surface area (Å²) in [5.74, 6) is 0.153. The number of ether oxygens (including phenoxy) is 2. The van der Waals surface area contributed by atoms with Crippen molar-refractivity contribution in [2.24, 2.45) is 11.7 Å². The van der Waals surface area contributed by atoms with Crippen LogP contribution in [0, 0.1) is 11.7 Å². The second-order valence-corrected chi connectivity index (χ2v) is 5.75. The molecule has 23 heavy (non-hydrogen) atoms. The molecule has 1 aliphatic rings. The van der Waals surface area contributed by atoms with Crippen LogP contribution in [0.1, 0.15) is 6.42 Å². The van der Waals surface area contributed by atoms with E-state index in [4.69, 9.17) is 26.8 Å². The summed E-state index contributed by atoms with van der Waals surface area (Å²) in [5, 5.41) is 4.43. The van der Waals surface area contributed by atoms with Crippen LogP contribution >= 0.6 is 24.0 Å². The van der Waals surface area contributed by atoms with Gasteiger partial charge in [-0.25, -0.2) is 9.07 Å². The molecule has 1 fully saturated rings. The standard InChI is InChI=1S/C15H17ClFN3O2.ClH/c16-11-6-19-20(7-11)15-2-1-12(5-13(15)17)22-9-10-8-21-4-3-14(10)18;/h1-2,5-7,10,14H,3-4,8-9,18H2;1H/t10-,14+;/m1./s1. The Balaban J connectivity index is 0.00000192. The molecule has 0 aliphatic carbocycles. The Labute approximate surface area is 144 Å². The fourth-order valence-electron chi connectivity index (χ4n) is 2.38. The van der Waals surface area contributed by atoms with E-state index in [1.54, 1.807) is 18.3 Å². The number of hydrogen-bond acceptors (Lipinski definition) is 4. The maximum absolute atomic E-state index is 14.2. The Morgan fingerprint density at radius 3 is 2.96 bits per heavy atom. The van der Waals surface area contributed by atoms with Crippen LogP contribution in [0.3, 0.4) is 0 Å². The lowest BCUT2D eigenvalue weighted by Crippen LogP contribution is -2.41. The topological polar surface area (TPSA) is 62.3 Å². The molecule has 0 unspecified atom stereocenters. The highest BCUT2D eigenvalue weighted by molar-refractivity contribution is 6.30. The molecule has 1 aromatic heterocycles. The Kier molecular flexibility index (Phi) is 6.24. The SMILES string of the molecule is Cl.N[C@H]1CCOC[C@@H]1COc1ccc(-n2cc(Cl)cn2)c(F)c1. The Hall–Kier alpha value is -1.34. The molecule has 2 atom stereocenters. The molecule has 0 amide bonds. The molecule has 1 saturated heterocycles. The van der Waals surface area contributed by atoms with Gasteiger partial charge in [-0.1, -0.05) is 11.6 Å². The zero-order valence-corrected chi connectivity index (χ0v) is 13.9. The average Bonchev–Trinajstić information content (AvgIpc) is 2.93. The molecule has 0 radical (unpaired) electrons. The van der Waals surface area contributed by atoms with Gasteiger partial charge in [-0.3, -0.25) is 0 Å². The van der Waals surface area contributed by atoms with Crippen LogP contribution in [0.4, 0.5) is 4.39 Å². The molecule has 0 spiro atoms. The van der Waals surface area contributed by atoms with E-state index in [0.717, 1.165) is 6.42 Å². The molecular formula is C15H18Cl2FN3O2. The zero-order chi connectivity index (χ0) is 15.5. The predicted octanol–water partition coefficient (Wildman–Crippen LogP) is 2.83. The number of rotatable bonds is 4. The van der Waals surface area contributed by atoms with E-state index in [1.807, 2.05) is 0 Å². The maximum atomic E-state index is 14.2. The van der Waals surface area contributed by atoms with Crippen LogP contribution < -0.4 is 10.5 Å². The van der Waals surface area contributed by atoms with Crippen molar-refractivity contribution in [2.75, 3.05) is 19.8 Å². The molecule has 5 nitrogen and oxygen atoms in total. The molecule has 126 valence electrons. The lowest BCUT2D eigenvalue weighted by Gasteiger charge is -2.28. The van der Waals surface area contributed by atoms with Crippen molar-refractivity contribution < 1.29 is 13.9 Å². The molecule has 0 saturated carbocycles. The minimum Gasteiger partial charge on any atom is -0.493 e. The maximum Gasteiger partial charge on any atom is 0.152 e. The number of benzene rings is 1. The van der Waals surface area contributed by atoms with E-state index in [-0.39, 0.29) is 24.4 Å². The van der Waals surface area contributed by atoms with E-state index in [2.05, 4.69) is 5.10 Å². The van der Waals surface area contributed by atoms with Gasteiger partial charge in [-0.2, -0.15) is 5.10 Å². The van der Waals surface area contributed by atoms with E-state index < -0.39 is 5.82 Å². The number of aromatic nitrogens is 2. The second kappa shape index (κ2) is 7.97. The van der Waals surface area contributed by atoms with Crippen molar-refractivity contribution in [3.8, 4) is 11.4 Å². The Bertz CT molecular complexity index is 653. The van der Waals surface area contributed by atoms with Crippen molar-refractivity contribution in [1.82, 2.24) is 9.78 Å². The quantitative estimate of drug-likeness (QED) is 0.909. The van der Waals surface area contributed by atoms with Crippen molar-refractivity contribution in [3.63, 3.8) is 0 Å². The third-order valence-corrected chi connectivity index (χ3v) is 3.91. The van der Waals surface area contributed by atoms with E-state index in [9.17, 15) is 4.39 Å². The Morgan fingerprint density at radius 1 is 1.48 bits per heavy atom. The highest BCUT2D eigenvalue weighted by atomic mass is 35.5. The number of hydrogen-bond donors (Lipinski definition) is 1. The highest BCUT2D eigenvalue weighted by Crippen LogP contribution is 2.22. The largest absolute Gasteiger partial charge is 0.493 e. The number of halogens is 3. The summed E-state index contributed by atoms with van der Waals surface area (Å²) in [6.07, 6.45) is 3.82. The van der Waals surface area contributed by atoms with Gasteiger partial charge in [0.1, 0.15) is 11.4 Å². The van der Waals surface area contributed by atoms with Crippen LogP contribution in [0.25, 0.3) is 5.69 Å². The first-order valence-electron chi connectivity index (χ1n) is 7.09. The zero-order valence-electron chi connectivity index (χ0n) is 12.3. The summed E-state index contributed by atoms with van der Waals surface area (Å²) in [6.45, 7) is 1.68. The van der Waals surface area contributed by atoms with Crippen molar-refractivity contribution in [1.29, 1.82) is 0 Å². The molecule has 2 N–H and O–H groups in total. The van der Waals surface area contributed by atoms with Gasteiger partial charge in [-0.15, -0.1) is 12.4 Å². The molecular weight excluding hydrogens is 344 g/mol. The van der Waals surface area contributed by atoms with Gasteiger partial charge < -0.3 is 15.2 Å². The molecule has 0 bridgehead atoms. The monoisotopic (exact) mass is 361 g/mol. The van der Waals surface area contributed by atoms with E-state index in [0.29, 0.717) is 36.3 Å². The normalized spacial score (nSPS) is 20.8. The average molecular weight is 362 g/mol. The summed E-state index contributed by atoms with van der Waals surface area (Å²) in [7, 11) is 0. The predicted molar refractivity (Wildman–Crippen MR) is 88.2 cm³/mol. The fourth-order valence-corrected chi connectivity index (χ4v) is 2.52. The first kappa shape index (κ1) is 18.0. The number of nitrogens with zero attached hydrogens (tertiary/aromatic N) is 2. The molecule has 8 heteroatoms. The molecule has 1 aromatic carbocycles. The van der Waals surface area contributed by atoms with E-state index >= 15 is 0 Å². The second-order valence-electron chi connectivity index (χ2n) is 5.31. The first-order valence-corrected chi connectivity index (χ1v) is 7.47. The van der Waals surface area contributed by atoms with Crippen LogP contribution in [-0.4, -0.2) is 35.6 Å². The molecule has 1 aliphatic heterocycles. The summed E-state index contributed by atoms with van der Waals surface area (Å²) in [4.78, 5) is 0. The fraction of sp³-hybridized carbons (Fsp3) is 0.400. The minimum atomic E-state index is -0.429. The van der Waals surface area contributed by atoms with Gasteiger partial charge in [0.2, 0.25) is 0 Å². The van der Waals surface area contributed by atoms with Gasteiger partial charge in [0, 0.05) is 30.8 Å². The first-order chi connectivity index (χ1) is 10.6. The lowest BCUT2D eigenvalue weighted by molar-refractivity contribution is 0.0226. The van der Waals surface area contributed by atoms with Gasteiger partial charge in [0.05, 0.1) is 24.4 Å². The third kappa shape index (κ3) is 4.35. The number of nitrogens with two attached hydrogens (primary N) is 1. The third-order valence-electron chi connectivity index (χ3n) is 3.71. The molecule has 2 aromatic rings. The molecule has 3 rings (SSSR count). The van der Waals surface area contributed by atoms with Crippen LogP contribution in [0.15, 0.2) is 30.6 Å². The smallest absolute Gasteiger partial charge is 0.152 e. The van der Waals surface area contributed by atoms with Crippen LogP contribution in [-0.2, 0) is 4.74 Å². The highest BCUT2D eigenvalue weighted by Gasteiger charge is 2.23. The van der Waals surface area contributed by atoms with E-state index in [1.165, 1.54) is 16.9 Å². The summed E-state index contributed by atoms with van der Waals surface area (Å²) >= 11 is 5.79. The van der Waals surface area contributed by atoms with Gasteiger partial charge in [0.15, 0.2) is 5.82 Å². The van der Waals surface area contributed by atoms with Crippen LogP contribution in [0.5, 0.6) is 5.75 Å². The summed E-state index contributed by atoms with van der Waals surface area (Å²) < 4.78 is 26.6. The minimum absolute atomic E-state index is 0. The van der Waals surface area contributed by atoms with Crippen molar-refractivity contribution >= 4 is 24.0 Å². The van der Waals surface area contributed by atoms with Crippen LogP contribution in [0.2, 0.25) is 5.02 Å². The molecule has 2 heterocycles. The van der Waals surface area contributed by atoms with Gasteiger partial charge in [0.25, 0.3) is 0 Å². The summed E-state index contributed by atoms with van der Waals surface area (Å²) in [5.41, 5.74) is 6.33. The Morgan fingerprint density at radius 2 is 2.30 bits per heavy atom. The lowest BCUT2D eigenvalue weighted by atomic mass is 9.98. The van der Waals surface area contributed by atoms with Gasteiger partial charge >= 0.3 is 0 Å². The van der Waals surface area contributed by atoms with Gasteiger partial charge in [-0.05, 0) is 18.6 Å². The van der Waals surface area contributed by atoms with Crippen molar-refractivity contribution in [3.05, 3.63) is 41.4 Å². The summed E-state index contributed by atoms with van der Waals surface area (Å²) in [6, 6.07) is 4.69. The van der Waals surface area contributed by atoms with Crippen molar-refractivity contribution in [2.45, 2.75) is 12.5 Å².